The number of allylic oxidation sites excluding steroid dienone is 2. The third kappa shape index (κ3) is 4.14. The molecule has 0 aromatic heterocycles. The molecule has 0 radical (unpaired) electrons. The Morgan fingerprint density at radius 3 is 2.43 bits per heavy atom. The van der Waals surface area contributed by atoms with Crippen molar-refractivity contribution in [2.75, 3.05) is 19.8 Å². The van der Waals surface area contributed by atoms with Gasteiger partial charge in [-0.15, -0.1) is 0 Å². The van der Waals surface area contributed by atoms with Crippen molar-refractivity contribution in [1.82, 2.24) is 0 Å². The van der Waals surface area contributed by atoms with Gasteiger partial charge in [0.25, 0.3) is 0 Å². The van der Waals surface area contributed by atoms with E-state index >= 15 is 0 Å². The van der Waals surface area contributed by atoms with Crippen LogP contribution < -0.4 is 0 Å². The van der Waals surface area contributed by atoms with Crippen molar-refractivity contribution >= 4 is 5.78 Å². The average Bonchev–Trinajstić information content (AvgIpc) is 3.12. The minimum Gasteiger partial charge on any atom is -0.393 e. The number of carbonyl (C=O) groups is 1. The van der Waals surface area contributed by atoms with Crippen LogP contribution >= 0.6 is 0 Å². The Labute approximate surface area is 216 Å². The van der Waals surface area contributed by atoms with Crippen LogP contribution in [0.15, 0.2) is 11.6 Å². The molecule has 2 heterocycles. The molecule has 37 heavy (non-hydrogen) atoms. The van der Waals surface area contributed by atoms with Crippen molar-refractivity contribution in [3.63, 3.8) is 0 Å². The summed E-state index contributed by atoms with van der Waals surface area (Å²) in [6.45, 7) is 6.59. The molecule has 3 saturated carbocycles. The molecule has 6 N–H and O–H groups in total. The van der Waals surface area contributed by atoms with Crippen LogP contribution in [0, 0.1) is 29.1 Å². The molecular formula is C26H40O11. The van der Waals surface area contributed by atoms with Crippen molar-refractivity contribution < 1.29 is 54.4 Å². The first kappa shape index (κ1) is 27.6. The van der Waals surface area contributed by atoms with Gasteiger partial charge in [0.15, 0.2) is 18.4 Å². The van der Waals surface area contributed by atoms with Gasteiger partial charge in [0.1, 0.15) is 36.1 Å². The molecule has 7 rings (SSSR count). The highest BCUT2D eigenvalue weighted by molar-refractivity contribution is 5.96. The highest BCUT2D eigenvalue weighted by Crippen LogP contribution is 2.71. The van der Waals surface area contributed by atoms with Crippen LogP contribution in [0.2, 0.25) is 0 Å². The molecule has 11 nitrogen and oxygen atoms in total. The van der Waals surface area contributed by atoms with Crippen LogP contribution in [-0.4, -0.2) is 111 Å². The number of aliphatic hydroxyl groups is 6. The van der Waals surface area contributed by atoms with Crippen LogP contribution in [0.1, 0.15) is 40.5 Å². The predicted molar refractivity (Wildman–Crippen MR) is 126 cm³/mol. The topological polar surface area (TPSA) is 175 Å². The maximum atomic E-state index is 12.8. The van der Waals surface area contributed by atoms with E-state index in [0.717, 1.165) is 18.4 Å². The molecule has 0 spiro atoms. The van der Waals surface area contributed by atoms with Gasteiger partial charge in [-0.1, -0.05) is 12.5 Å². The highest BCUT2D eigenvalue weighted by Gasteiger charge is 2.70. The first-order valence-corrected chi connectivity index (χ1v) is 13.1. The van der Waals surface area contributed by atoms with E-state index in [1.165, 1.54) is 0 Å². The first-order chi connectivity index (χ1) is 17.2. The van der Waals surface area contributed by atoms with E-state index in [2.05, 4.69) is 6.92 Å². The number of ketones is 1. The lowest BCUT2D eigenvalue weighted by molar-refractivity contribution is -0.342. The minimum atomic E-state index is -1.87. The fraction of sp³-hybridized carbons (Fsp3) is 0.885. The van der Waals surface area contributed by atoms with Gasteiger partial charge in [-0.25, -0.2) is 0 Å². The van der Waals surface area contributed by atoms with E-state index in [1.54, 1.807) is 6.08 Å². The maximum absolute atomic E-state index is 12.8. The number of carbonyl (C=O) groups excluding carboxylic acids is 1. The number of fused-ring (bicyclic) bond motifs is 3. The number of hydrogen-bond acceptors (Lipinski definition) is 11. The van der Waals surface area contributed by atoms with Gasteiger partial charge in [-0.3, -0.25) is 4.79 Å². The van der Waals surface area contributed by atoms with Gasteiger partial charge >= 0.3 is 0 Å². The van der Waals surface area contributed by atoms with E-state index in [0.29, 0.717) is 5.92 Å². The summed E-state index contributed by atoms with van der Waals surface area (Å²) < 4.78 is 22.9. The summed E-state index contributed by atoms with van der Waals surface area (Å²) in [6.07, 6.45) is -6.35. The summed E-state index contributed by atoms with van der Waals surface area (Å²) in [5.41, 5.74) is -1.60. The van der Waals surface area contributed by atoms with Gasteiger partial charge in [0.05, 0.1) is 25.4 Å². The van der Waals surface area contributed by atoms with Crippen molar-refractivity contribution in [1.29, 1.82) is 0 Å². The molecule has 5 fully saturated rings. The second kappa shape index (κ2) is 9.29. The fourth-order valence-corrected chi connectivity index (χ4v) is 7.80. The SMILES string of the molecule is CC1=CC(=O)[C@@H]2[C@H]3[C@@H](C(C)(C)O[C@@H]4O[C@H](CO[C@@H]5OC[C@](O)(CO)[C@H]5O)[C@@H](O)[C@H](O)[C@H]4O)CC[C@]2(C)[C@@H]13. The molecule has 2 saturated heterocycles. The zero-order valence-electron chi connectivity index (χ0n) is 21.7. The Morgan fingerprint density at radius 2 is 1.81 bits per heavy atom. The normalized spacial score (nSPS) is 51.6. The molecule has 0 aromatic rings. The molecule has 2 aliphatic heterocycles. The molecule has 11 heteroatoms. The summed E-state index contributed by atoms with van der Waals surface area (Å²) in [6, 6.07) is 0. The Bertz CT molecular complexity index is 937. The lowest BCUT2D eigenvalue weighted by Gasteiger charge is -2.70. The van der Waals surface area contributed by atoms with Crippen LogP contribution in [-0.2, 0) is 23.7 Å². The van der Waals surface area contributed by atoms with E-state index in [1.807, 2.05) is 20.8 Å². The lowest BCUT2D eigenvalue weighted by Crippen LogP contribution is -2.69. The Morgan fingerprint density at radius 1 is 1.11 bits per heavy atom. The van der Waals surface area contributed by atoms with Crippen LogP contribution in [0.4, 0.5) is 0 Å². The summed E-state index contributed by atoms with van der Waals surface area (Å²) in [5, 5.41) is 61.3. The van der Waals surface area contributed by atoms with Gasteiger partial charge in [-0.2, -0.15) is 0 Å². The zero-order chi connectivity index (χ0) is 27.1. The molecule has 0 amide bonds. The molecule has 5 aliphatic carbocycles. The lowest BCUT2D eigenvalue weighted by atomic mass is 9.34. The van der Waals surface area contributed by atoms with Crippen LogP contribution in [0.5, 0.6) is 0 Å². The third-order valence-electron chi connectivity index (χ3n) is 9.80. The summed E-state index contributed by atoms with van der Waals surface area (Å²) in [4.78, 5) is 12.8. The zero-order valence-corrected chi connectivity index (χ0v) is 21.7. The Balaban J connectivity index is 1.26. The molecule has 7 aliphatic rings. The maximum Gasteiger partial charge on any atom is 0.187 e. The Hall–Kier alpha value is -0.990. The van der Waals surface area contributed by atoms with Gasteiger partial charge < -0.3 is 49.6 Å². The average molecular weight is 529 g/mol. The van der Waals surface area contributed by atoms with Crippen LogP contribution in [0.25, 0.3) is 0 Å². The summed E-state index contributed by atoms with van der Waals surface area (Å²) in [7, 11) is 0. The van der Waals surface area contributed by atoms with Crippen molar-refractivity contribution in [2.24, 2.45) is 29.1 Å². The van der Waals surface area contributed by atoms with Crippen molar-refractivity contribution in [3.05, 3.63) is 11.6 Å². The standard InChI is InChI=1S/C26H40O11/c1-11-7-13(28)17-15-12(5-6-25(17,4)16(11)15)24(2,3)37-22-20(31)19(30)18(29)14(36-22)8-34-23-21(32)26(33,9-27)10-35-23/h7,12,14-23,27,29-33H,5-6,8-10H2,1-4H3/t12-,14+,15-,16-,17+,18+,19-,20+,21-,22-,23+,25+,26+/m0/s1. The molecule has 13 atom stereocenters. The second-order valence-corrected chi connectivity index (χ2v) is 12.4. The van der Waals surface area contributed by atoms with Gasteiger partial charge in [-0.05, 0) is 62.9 Å². The largest absolute Gasteiger partial charge is 0.393 e. The number of rotatable bonds is 7. The van der Waals surface area contributed by atoms with Crippen LogP contribution in [0.3, 0.4) is 0 Å². The smallest absolute Gasteiger partial charge is 0.187 e. The Kier molecular flexibility index (Phi) is 6.93. The van der Waals surface area contributed by atoms with Gasteiger partial charge in [0, 0.05) is 5.92 Å². The number of aliphatic hydroxyl groups excluding tert-OH is 5. The quantitative estimate of drug-likeness (QED) is 0.235. The molecule has 0 unspecified atom stereocenters. The fourth-order valence-electron chi connectivity index (χ4n) is 7.80. The number of ether oxygens (including phenoxy) is 4. The third-order valence-corrected chi connectivity index (χ3v) is 9.80. The first-order valence-electron chi connectivity index (χ1n) is 13.1. The van der Waals surface area contributed by atoms with Crippen molar-refractivity contribution in [3.8, 4) is 0 Å². The van der Waals surface area contributed by atoms with Gasteiger partial charge in [0.2, 0.25) is 0 Å². The monoisotopic (exact) mass is 528 g/mol. The molecule has 4 bridgehead atoms. The summed E-state index contributed by atoms with van der Waals surface area (Å²) >= 11 is 0. The number of hydrogen-bond donors (Lipinski definition) is 6. The highest BCUT2D eigenvalue weighted by atomic mass is 16.7. The van der Waals surface area contributed by atoms with E-state index in [4.69, 9.17) is 18.9 Å². The van der Waals surface area contributed by atoms with Crippen molar-refractivity contribution in [2.45, 2.75) is 94.8 Å². The van der Waals surface area contributed by atoms with E-state index in [9.17, 15) is 35.4 Å². The minimum absolute atomic E-state index is 0.0182. The van der Waals surface area contributed by atoms with E-state index in [-0.39, 0.29) is 42.2 Å². The molecular weight excluding hydrogens is 488 g/mol. The molecule has 0 aromatic carbocycles. The summed E-state index contributed by atoms with van der Waals surface area (Å²) in [5.74, 6) is 0.571. The second-order valence-electron chi connectivity index (χ2n) is 12.4. The predicted octanol–water partition coefficient (Wildman–Crippen LogP) is -1.15. The van der Waals surface area contributed by atoms with E-state index < -0.39 is 60.9 Å². The molecule has 210 valence electrons.